The molecule has 1 aromatic carbocycles. The van der Waals surface area contributed by atoms with Crippen LogP contribution < -0.4 is 5.32 Å². The Labute approximate surface area is 123 Å². The molecule has 104 valence electrons. The van der Waals surface area contributed by atoms with Crippen LogP contribution in [0, 0.1) is 5.92 Å². The SMILES string of the molecule is CCOC(=O)C1(Nc2cccc(Cl)c2)CSCC1C. The van der Waals surface area contributed by atoms with E-state index in [-0.39, 0.29) is 11.9 Å². The van der Waals surface area contributed by atoms with Crippen molar-refractivity contribution in [3.63, 3.8) is 0 Å². The molecule has 2 rings (SSSR count). The number of benzene rings is 1. The zero-order valence-electron chi connectivity index (χ0n) is 11.1. The molecule has 0 spiro atoms. The Bertz CT molecular complexity index is 469. The molecule has 0 bridgehead atoms. The lowest BCUT2D eigenvalue weighted by molar-refractivity contribution is -0.149. The summed E-state index contributed by atoms with van der Waals surface area (Å²) in [5.74, 6) is 1.72. The summed E-state index contributed by atoms with van der Waals surface area (Å²) in [6, 6.07) is 7.44. The third-order valence-electron chi connectivity index (χ3n) is 3.37. The van der Waals surface area contributed by atoms with Gasteiger partial charge in [-0.3, -0.25) is 0 Å². The van der Waals surface area contributed by atoms with Crippen LogP contribution in [0.3, 0.4) is 0 Å². The molecule has 0 radical (unpaired) electrons. The predicted octanol–water partition coefficient (Wildman–Crippen LogP) is 3.44. The van der Waals surface area contributed by atoms with E-state index >= 15 is 0 Å². The molecule has 1 heterocycles. The van der Waals surface area contributed by atoms with E-state index in [1.807, 2.05) is 31.2 Å². The van der Waals surface area contributed by atoms with Crippen molar-refractivity contribution in [3.8, 4) is 0 Å². The molecule has 2 atom stereocenters. The highest BCUT2D eigenvalue weighted by molar-refractivity contribution is 7.99. The lowest BCUT2D eigenvalue weighted by Gasteiger charge is -2.32. The first-order valence-electron chi connectivity index (χ1n) is 6.37. The van der Waals surface area contributed by atoms with Gasteiger partial charge in [0.05, 0.1) is 6.61 Å². The quantitative estimate of drug-likeness (QED) is 0.865. The van der Waals surface area contributed by atoms with Gasteiger partial charge in [-0.15, -0.1) is 0 Å². The normalized spacial score (nSPS) is 26.2. The van der Waals surface area contributed by atoms with Crippen molar-refractivity contribution < 1.29 is 9.53 Å². The molecule has 1 aromatic rings. The number of hydrogen-bond donors (Lipinski definition) is 1. The molecule has 19 heavy (non-hydrogen) atoms. The Morgan fingerprint density at radius 1 is 1.63 bits per heavy atom. The van der Waals surface area contributed by atoms with Crippen molar-refractivity contribution in [2.75, 3.05) is 23.4 Å². The van der Waals surface area contributed by atoms with Gasteiger partial charge in [0, 0.05) is 16.5 Å². The van der Waals surface area contributed by atoms with E-state index in [1.165, 1.54) is 0 Å². The van der Waals surface area contributed by atoms with E-state index in [9.17, 15) is 4.79 Å². The van der Waals surface area contributed by atoms with Crippen molar-refractivity contribution in [1.29, 1.82) is 0 Å². The molecular formula is C14H18ClNO2S. The van der Waals surface area contributed by atoms with Gasteiger partial charge in [-0.25, -0.2) is 4.79 Å². The number of halogens is 1. The second kappa shape index (κ2) is 6.06. The average molecular weight is 300 g/mol. The standard InChI is InChI=1S/C14H18ClNO2S/c1-3-18-13(17)14(9-19-8-10(14)2)16-12-6-4-5-11(15)7-12/h4-7,10,16H,3,8-9H2,1-2H3. The number of carbonyl (C=O) groups is 1. The molecular weight excluding hydrogens is 282 g/mol. The summed E-state index contributed by atoms with van der Waals surface area (Å²) < 4.78 is 5.25. The number of nitrogens with one attached hydrogen (secondary N) is 1. The van der Waals surface area contributed by atoms with E-state index in [0.29, 0.717) is 11.6 Å². The minimum absolute atomic E-state index is 0.174. The maximum atomic E-state index is 12.3. The van der Waals surface area contributed by atoms with Crippen LogP contribution in [-0.2, 0) is 9.53 Å². The fourth-order valence-corrected chi connectivity index (χ4v) is 3.98. The van der Waals surface area contributed by atoms with Gasteiger partial charge in [-0.05, 0) is 36.8 Å². The highest BCUT2D eigenvalue weighted by Gasteiger charge is 2.48. The van der Waals surface area contributed by atoms with Crippen LogP contribution in [0.15, 0.2) is 24.3 Å². The van der Waals surface area contributed by atoms with Crippen LogP contribution in [-0.4, -0.2) is 29.6 Å². The molecule has 2 unspecified atom stereocenters. The zero-order chi connectivity index (χ0) is 13.9. The Morgan fingerprint density at radius 2 is 2.42 bits per heavy atom. The van der Waals surface area contributed by atoms with Crippen LogP contribution in [0.2, 0.25) is 5.02 Å². The molecule has 0 saturated carbocycles. The van der Waals surface area contributed by atoms with Crippen LogP contribution in [0.4, 0.5) is 5.69 Å². The van der Waals surface area contributed by atoms with Gasteiger partial charge in [0.1, 0.15) is 5.54 Å². The monoisotopic (exact) mass is 299 g/mol. The molecule has 1 N–H and O–H groups in total. The summed E-state index contributed by atoms with van der Waals surface area (Å²) in [6.07, 6.45) is 0. The number of thioether (sulfide) groups is 1. The fraction of sp³-hybridized carbons (Fsp3) is 0.500. The number of carbonyl (C=O) groups excluding carboxylic acids is 1. The molecule has 0 aliphatic carbocycles. The smallest absolute Gasteiger partial charge is 0.332 e. The maximum absolute atomic E-state index is 12.3. The lowest BCUT2D eigenvalue weighted by Crippen LogP contribution is -2.52. The summed E-state index contributed by atoms with van der Waals surface area (Å²) >= 11 is 7.76. The van der Waals surface area contributed by atoms with E-state index in [1.54, 1.807) is 11.8 Å². The molecule has 1 aliphatic heterocycles. The second-order valence-corrected chi connectivity index (χ2v) is 6.21. The van der Waals surface area contributed by atoms with E-state index in [0.717, 1.165) is 17.2 Å². The van der Waals surface area contributed by atoms with Gasteiger partial charge in [0.25, 0.3) is 0 Å². The highest BCUT2D eigenvalue weighted by atomic mass is 35.5. The number of anilines is 1. The van der Waals surface area contributed by atoms with Crippen molar-refractivity contribution in [2.45, 2.75) is 19.4 Å². The van der Waals surface area contributed by atoms with E-state index in [4.69, 9.17) is 16.3 Å². The maximum Gasteiger partial charge on any atom is 0.332 e. The summed E-state index contributed by atoms with van der Waals surface area (Å²) in [5, 5.41) is 4.00. The molecule has 5 heteroatoms. The molecule has 0 amide bonds. The van der Waals surface area contributed by atoms with Crippen LogP contribution in [0.5, 0.6) is 0 Å². The van der Waals surface area contributed by atoms with Gasteiger partial charge in [0.2, 0.25) is 0 Å². The van der Waals surface area contributed by atoms with E-state index in [2.05, 4.69) is 12.2 Å². The molecule has 1 aliphatic rings. The first kappa shape index (κ1) is 14.5. The van der Waals surface area contributed by atoms with Crippen molar-refractivity contribution >= 4 is 35.0 Å². The second-order valence-electron chi connectivity index (χ2n) is 4.74. The van der Waals surface area contributed by atoms with Crippen molar-refractivity contribution in [2.24, 2.45) is 5.92 Å². The van der Waals surface area contributed by atoms with Gasteiger partial charge in [0.15, 0.2) is 0 Å². The summed E-state index contributed by atoms with van der Waals surface area (Å²) in [7, 11) is 0. The van der Waals surface area contributed by atoms with Gasteiger partial charge >= 0.3 is 5.97 Å². The largest absolute Gasteiger partial charge is 0.464 e. The third-order valence-corrected chi connectivity index (χ3v) is 5.00. The lowest BCUT2D eigenvalue weighted by atomic mass is 9.88. The van der Waals surface area contributed by atoms with Gasteiger partial charge < -0.3 is 10.1 Å². The van der Waals surface area contributed by atoms with Gasteiger partial charge in [-0.1, -0.05) is 24.6 Å². The molecule has 1 saturated heterocycles. The van der Waals surface area contributed by atoms with Crippen LogP contribution in [0.25, 0.3) is 0 Å². The number of ether oxygens (including phenoxy) is 1. The Morgan fingerprint density at radius 3 is 3.00 bits per heavy atom. The number of rotatable bonds is 4. The van der Waals surface area contributed by atoms with Crippen LogP contribution >= 0.6 is 23.4 Å². The van der Waals surface area contributed by atoms with Crippen molar-refractivity contribution in [3.05, 3.63) is 29.3 Å². The van der Waals surface area contributed by atoms with Crippen molar-refractivity contribution in [1.82, 2.24) is 0 Å². The predicted molar refractivity (Wildman–Crippen MR) is 80.9 cm³/mol. The topological polar surface area (TPSA) is 38.3 Å². The molecule has 3 nitrogen and oxygen atoms in total. The van der Waals surface area contributed by atoms with E-state index < -0.39 is 5.54 Å². The molecule has 1 fully saturated rings. The van der Waals surface area contributed by atoms with Gasteiger partial charge in [-0.2, -0.15) is 11.8 Å². The summed E-state index contributed by atoms with van der Waals surface area (Å²) in [4.78, 5) is 12.3. The van der Waals surface area contributed by atoms with Crippen LogP contribution in [0.1, 0.15) is 13.8 Å². The summed E-state index contributed by atoms with van der Waals surface area (Å²) in [6.45, 7) is 4.31. The fourth-order valence-electron chi connectivity index (χ4n) is 2.24. The minimum atomic E-state index is -0.647. The first-order chi connectivity index (χ1) is 9.08. The average Bonchev–Trinajstić information content (AvgIpc) is 2.72. The zero-order valence-corrected chi connectivity index (χ0v) is 12.7. The molecule has 0 aromatic heterocycles. The third kappa shape index (κ3) is 3.00. The Balaban J connectivity index is 2.26. The summed E-state index contributed by atoms with van der Waals surface area (Å²) in [5.41, 5.74) is 0.209. The Kier molecular flexibility index (Phi) is 4.63. The number of esters is 1. The number of hydrogen-bond acceptors (Lipinski definition) is 4. The minimum Gasteiger partial charge on any atom is -0.464 e. The highest BCUT2D eigenvalue weighted by Crippen LogP contribution is 2.37. The first-order valence-corrected chi connectivity index (χ1v) is 7.90. The Hall–Kier alpha value is -0.870.